The van der Waals surface area contributed by atoms with E-state index in [1.807, 2.05) is 0 Å². The minimum atomic E-state index is -3.89. The Bertz CT molecular complexity index is 974. The molecule has 6 nitrogen and oxygen atoms in total. The first-order valence-electron chi connectivity index (χ1n) is 6.69. The molecule has 2 N–H and O–H groups in total. The number of Topliss-reactive ketones (excluding diaryl/α,β-unsaturated/α-hetero) is 1. The third-order valence-corrected chi connectivity index (χ3v) is 4.53. The standard InChI is InChI=1S/C15H10F2N2O4S.CH4/c16-9-2-3-10(11(17)6-9)15(21)18-13-5-8-1-4-12(13)19-24(22,23)7-14(8)20;/h1-6,19H,7H2,(H,18,21);1H4. The highest BCUT2D eigenvalue weighted by Gasteiger charge is 2.25. The molecule has 2 aromatic rings. The lowest BCUT2D eigenvalue weighted by Gasteiger charge is -2.17. The number of ketones is 1. The molecular formula is C16H14F2N2O4S. The van der Waals surface area contributed by atoms with E-state index in [1.54, 1.807) is 0 Å². The quantitative estimate of drug-likeness (QED) is 0.853. The van der Waals surface area contributed by atoms with Crippen molar-refractivity contribution in [3.8, 4) is 0 Å². The Morgan fingerprint density at radius 3 is 2.52 bits per heavy atom. The number of carbonyl (C=O) groups excluding carboxylic acids is 2. The van der Waals surface area contributed by atoms with Gasteiger partial charge in [-0.2, -0.15) is 0 Å². The van der Waals surface area contributed by atoms with Gasteiger partial charge in [-0.25, -0.2) is 17.2 Å². The van der Waals surface area contributed by atoms with Crippen molar-refractivity contribution in [2.75, 3.05) is 15.8 Å². The molecule has 2 aromatic carbocycles. The minimum Gasteiger partial charge on any atom is -0.320 e. The normalized spacial score (nSPS) is 14.7. The summed E-state index contributed by atoms with van der Waals surface area (Å²) in [5.74, 6) is -4.15. The number of nitrogens with one attached hydrogen (secondary N) is 2. The molecule has 0 aliphatic carbocycles. The zero-order chi connectivity index (χ0) is 17.5. The van der Waals surface area contributed by atoms with Gasteiger partial charge < -0.3 is 5.32 Å². The average molecular weight is 368 g/mol. The SMILES string of the molecule is C.O=C1CS(=O)(=O)Nc2ccc1cc2NC(=O)c1ccc(F)cc1F. The van der Waals surface area contributed by atoms with Crippen LogP contribution in [0.25, 0.3) is 0 Å². The summed E-state index contributed by atoms with van der Waals surface area (Å²) in [5.41, 5.74) is -0.280. The largest absolute Gasteiger partial charge is 0.320 e. The number of rotatable bonds is 2. The fourth-order valence-corrected chi connectivity index (χ4v) is 3.33. The maximum Gasteiger partial charge on any atom is 0.258 e. The Labute approximate surface area is 142 Å². The molecule has 0 unspecified atom stereocenters. The van der Waals surface area contributed by atoms with Gasteiger partial charge in [0.25, 0.3) is 5.91 Å². The topological polar surface area (TPSA) is 92.3 Å². The van der Waals surface area contributed by atoms with Crippen molar-refractivity contribution in [1.29, 1.82) is 0 Å². The van der Waals surface area contributed by atoms with Crippen LogP contribution in [0.3, 0.4) is 0 Å². The molecule has 0 aromatic heterocycles. The molecule has 132 valence electrons. The van der Waals surface area contributed by atoms with E-state index in [-0.39, 0.29) is 24.4 Å². The summed E-state index contributed by atoms with van der Waals surface area (Å²) in [6, 6.07) is 6.46. The molecule has 1 amide bonds. The lowest BCUT2D eigenvalue weighted by atomic mass is 10.1. The summed E-state index contributed by atoms with van der Waals surface area (Å²) in [4.78, 5) is 24.0. The van der Waals surface area contributed by atoms with Gasteiger partial charge in [0.05, 0.1) is 16.9 Å². The number of benzene rings is 2. The number of amides is 1. The zero-order valence-corrected chi connectivity index (χ0v) is 12.8. The number of hydrogen-bond acceptors (Lipinski definition) is 4. The van der Waals surface area contributed by atoms with Crippen LogP contribution in [0.15, 0.2) is 36.4 Å². The summed E-state index contributed by atoms with van der Waals surface area (Å²) in [6.07, 6.45) is 0. The summed E-state index contributed by atoms with van der Waals surface area (Å²) >= 11 is 0. The van der Waals surface area contributed by atoms with Crippen LogP contribution in [0.5, 0.6) is 0 Å². The molecule has 0 saturated heterocycles. The number of sulfonamides is 1. The Morgan fingerprint density at radius 2 is 1.84 bits per heavy atom. The Kier molecular flexibility index (Phi) is 4.89. The van der Waals surface area contributed by atoms with Crippen molar-refractivity contribution in [2.24, 2.45) is 0 Å². The monoisotopic (exact) mass is 368 g/mol. The lowest BCUT2D eigenvalue weighted by molar-refractivity contribution is 0.101. The van der Waals surface area contributed by atoms with Gasteiger partial charge in [-0.05, 0) is 30.3 Å². The Balaban J connectivity index is 0.00000225. The second-order valence-corrected chi connectivity index (χ2v) is 6.85. The van der Waals surface area contributed by atoms with E-state index in [2.05, 4.69) is 10.0 Å². The second kappa shape index (κ2) is 6.60. The predicted octanol–water partition coefficient (Wildman–Crippen LogP) is 2.79. The van der Waals surface area contributed by atoms with Crippen molar-refractivity contribution in [1.82, 2.24) is 0 Å². The molecule has 9 heteroatoms. The summed E-state index contributed by atoms with van der Waals surface area (Å²) in [5, 5.41) is 2.32. The van der Waals surface area contributed by atoms with Crippen LogP contribution >= 0.6 is 0 Å². The molecule has 0 fully saturated rings. The van der Waals surface area contributed by atoms with Gasteiger partial charge in [0.1, 0.15) is 17.4 Å². The minimum absolute atomic E-state index is 0. The van der Waals surface area contributed by atoms with Gasteiger partial charge in [-0.15, -0.1) is 0 Å². The molecule has 2 heterocycles. The van der Waals surface area contributed by atoms with Gasteiger partial charge in [0.15, 0.2) is 5.78 Å². The molecule has 2 aliphatic heterocycles. The number of hydrogen-bond donors (Lipinski definition) is 2. The molecule has 0 radical (unpaired) electrons. The van der Waals surface area contributed by atoms with Crippen LogP contribution in [0, 0.1) is 11.6 Å². The van der Waals surface area contributed by atoms with Crippen LogP contribution in [-0.4, -0.2) is 25.9 Å². The lowest BCUT2D eigenvalue weighted by Crippen LogP contribution is -2.26. The first-order chi connectivity index (χ1) is 11.2. The third-order valence-electron chi connectivity index (χ3n) is 3.35. The summed E-state index contributed by atoms with van der Waals surface area (Å²) in [7, 11) is -3.89. The maximum absolute atomic E-state index is 13.7. The second-order valence-electron chi connectivity index (χ2n) is 5.12. The molecule has 0 spiro atoms. The van der Waals surface area contributed by atoms with Gasteiger partial charge >= 0.3 is 0 Å². The summed E-state index contributed by atoms with van der Waals surface area (Å²) < 4.78 is 52.3. The highest BCUT2D eigenvalue weighted by atomic mass is 32.2. The van der Waals surface area contributed by atoms with Gasteiger partial charge in [0.2, 0.25) is 10.0 Å². The smallest absolute Gasteiger partial charge is 0.258 e. The number of halogens is 2. The molecule has 2 bridgehead atoms. The molecule has 4 rings (SSSR count). The number of fused-ring (bicyclic) bond motifs is 5. The van der Waals surface area contributed by atoms with Crippen molar-refractivity contribution < 1.29 is 26.8 Å². The predicted molar refractivity (Wildman–Crippen MR) is 89.2 cm³/mol. The van der Waals surface area contributed by atoms with Gasteiger partial charge in [-0.3, -0.25) is 14.3 Å². The average Bonchev–Trinajstić information content (AvgIpc) is 2.46. The van der Waals surface area contributed by atoms with Gasteiger partial charge in [-0.1, -0.05) is 7.43 Å². The first kappa shape index (κ1) is 18.5. The van der Waals surface area contributed by atoms with E-state index in [9.17, 15) is 26.8 Å². The highest BCUT2D eigenvalue weighted by Crippen LogP contribution is 2.28. The van der Waals surface area contributed by atoms with Crippen LogP contribution in [0.4, 0.5) is 20.2 Å². The number of carbonyl (C=O) groups is 2. The fourth-order valence-electron chi connectivity index (χ4n) is 2.23. The van der Waals surface area contributed by atoms with E-state index in [1.165, 1.54) is 18.2 Å². The van der Waals surface area contributed by atoms with E-state index in [4.69, 9.17) is 0 Å². The van der Waals surface area contributed by atoms with Crippen molar-refractivity contribution in [2.45, 2.75) is 7.43 Å². The van der Waals surface area contributed by atoms with E-state index < -0.39 is 44.7 Å². The van der Waals surface area contributed by atoms with Crippen molar-refractivity contribution in [3.63, 3.8) is 0 Å². The van der Waals surface area contributed by atoms with Crippen LogP contribution in [-0.2, 0) is 10.0 Å². The molecule has 0 atom stereocenters. The van der Waals surface area contributed by atoms with Gasteiger partial charge in [0, 0.05) is 11.6 Å². The van der Waals surface area contributed by atoms with E-state index in [0.717, 1.165) is 12.1 Å². The third kappa shape index (κ3) is 3.82. The first-order valence-corrected chi connectivity index (χ1v) is 8.34. The maximum atomic E-state index is 13.7. The highest BCUT2D eigenvalue weighted by molar-refractivity contribution is 7.93. The summed E-state index contributed by atoms with van der Waals surface area (Å²) in [6.45, 7) is 0. The van der Waals surface area contributed by atoms with E-state index >= 15 is 0 Å². The Morgan fingerprint density at radius 1 is 1.12 bits per heavy atom. The number of anilines is 2. The molecule has 2 aliphatic rings. The van der Waals surface area contributed by atoms with Crippen LogP contribution in [0.1, 0.15) is 28.1 Å². The van der Waals surface area contributed by atoms with Crippen molar-refractivity contribution >= 4 is 33.1 Å². The molecule has 25 heavy (non-hydrogen) atoms. The van der Waals surface area contributed by atoms with Crippen LogP contribution in [0.2, 0.25) is 0 Å². The molecule has 0 saturated carbocycles. The zero-order valence-electron chi connectivity index (χ0n) is 12.0. The van der Waals surface area contributed by atoms with E-state index in [0.29, 0.717) is 6.07 Å². The fraction of sp³-hybridized carbons (Fsp3) is 0.125. The van der Waals surface area contributed by atoms with Crippen molar-refractivity contribution in [3.05, 3.63) is 59.2 Å². The Hall–Kier alpha value is -2.81. The molecular weight excluding hydrogens is 354 g/mol. The van der Waals surface area contributed by atoms with Crippen LogP contribution < -0.4 is 10.0 Å².